The molecule has 0 spiro atoms. The van der Waals surface area contributed by atoms with Crippen LogP contribution in [-0.2, 0) is 0 Å². The summed E-state index contributed by atoms with van der Waals surface area (Å²) < 4.78 is 0.871. The van der Waals surface area contributed by atoms with E-state index >= 15 is 0 Å². The maximum atomic E-state index is 12.1. The normalized spacial score (nSPS) is 10.1. The van der Waals surface area contributed by atoms with Crippen molar-refractivity contribution in [2.45, 2.75) is 6.92 Å². The number of para-hydroxylation sites is 1. The number of carboxylic acids is 1. The third kappa shape index (κ3) is 3.05. The molecule has 2 N–H and O–H groups in total. The minimum absolute atomic E-state index is 0.0791. The number of carbonyl (C=O) groups excluding carboxylic acids is 1. The number of rotatable bonds is 3. The predicted molar refractivity (Wildman–Crippen MR) is 80.2 cm³/mol. The lowest BCUT2D eigenvalue weighted by Gasteiger charge is -2.11. The first-order chi connectivity index (χ1) is 9.49. The molecule has 0 atom stereocenters. The van der Waals surface area contributed by atoms with Crippen LogP contribution in [0.3, 0.4) is 0 Å². The zero-order chi connectivity index (χ0) is 14.7. The molecule has 0 radical (unpaired) electrons. The Kier molecular flexibility index (Phi) is 4.20. The number of hydrogen-bond acceptors (Lipinski definition) is 2. The SMILES string of the molecule is Cc1cccc(C(=O)O)c1NC(=O)c1ccc(Br)cc1. The Bertz CT molecular complexity index is 665. The fourth-order valence-electron chi connectivity index (χ4n) is 1.80. The smallest absolute Gasteiger partial charge is 0.337 e. The Labute approximate surface area is 124 Å². The van der Waals surface area contributed by atoms with E-state index in [1.165, 1.54) is 6.07 Å². The number of aromatic carboxylic acids is 1. The average Bonchev–Trinajstić information content (AvgIpc) is 2.41. The fraction of sp³-hybridized carbons (Fsp3) is 0.0667. The van der Waals surface area contributed by atoms with Gasteiger partial charge in [0.25, 0.3) is 5.91 Å². The summed E-state index contributed by atoms with van der Waals surface area (Å²) in [4.78, 5) is 23.3. The molecule has 0 saturated carbocycles. The first-order valence-corrected chi connectivity index (χ1v) is 6.68. The van der Waals surface area contributed by atoms with Crippen molar-refractivity contribution >= 4 is 33.5 Å². The van der Waals surface area contributed by atoms with E-state index < -0.39 is 5.97 Å². The summed E-state index contributed by atoms with van der Waals surface area (Å²) in [5.74, 6) is -1.41. The number of aryl methyl sites for hydroxylation is 1. The molecule has 0 heterocycles. The standard InChI is InChI=1S/C15H12BrNO3/c1-9-3-2-4-12(15(19)20)13(9)17-14(18)10-5-7-11(16)8-6-10/h2-8H,1H3,(H,17,18)(H,19,20). The molecule has 2 rings (SSSR count). The zero-order valence-corrected chi connectivity index (χ0v) is 12.3. The first-order valence-electron chi connectivity index (χ1n) is 5.89. The summed E-state index contributed by atoms with van der Waals surface area (Å²) in [6.45, 7) is 1.75. The molecule has 1 amide bonds. The van der Waals surface area contributed by atoms with Gasteiger partial charge in [0.2, 0.25) is 0 Å². The second-order valence-corrected chi connectivity index (χ2v) is 5.18. The predicted octanol–water partition coefficient (Wildman–Crippen LogP) is 3.71. The lowest BCUT2D eigenvalue weighted by Crippen LogP contribution is -2.15. The van der Waals surface area contributed by atoms with Crippen molar-refractivity contribution in [2.24, 2.45) is 0 Å². The molecular formula is C15H12BrNO3. The van der Waals surface area contributed by atoms with Crippen LogP contribution in [0.5, 0.6) is 0 Å². The lowest BCUT2D eigenvalue weighted by atomic mass is 10.1. The lowest BCUT2D eigenvalue weighted by molar-refractivity contribution is 0.0698. The van der Waals surface area contributed by atoms with Gasteiger partial charge in [-0.05, 0) is 42.8 Å². The fourth-order valence-corrected chi connectivity index (χ4v) is 2.06. The monoisotopic (exact) mass is 333 g/mol. The molecule has 102 valence electrons. The summed E-state index contributed by atoms with van der Waals surface area (Å²) in [6, 6.07) is 11.7. The van der Waals surface area contributed by atoms with Crippen LogP contribution in [0.2, 0.25) is 0 Å². The highest BCUT2D eigenvalue weighted by molar-refractivity contribution is 9.10. The van der Waals surface area contributed by atoms with Crippen LogP contribution < -0.4 is 5.32 Å². The van der Waals surface area contributed by atoms with Gasteiger partial charge in [-0.1, -0.05) is 28.1 Å². The second kappa shape index (κ2) is 5.88. The summed E-state index contributed by atoms with van der Waals surface area (Å²) in [5, 5.41) is 11.8. The van der Waals surface area contributed by atoms with Crippen molar-refractivity contribution in [1.82, 2.24) is 0 Å². The molecule has 5 heteroatoms. The van der Waals surface area contributed by atoms with Gasteiger partial charge in [-0.3, -0.25) is 4.79 Å². The molecule has 4 nitrogen and oxygen atoms in total. The van der Waals surface area contributed by atoms with Gasteiger partial charge in [0, 0.05) is 10.0 Å². The van der Waals surface area contributed by atoms with Crippen LogP contribution in [0, 0.1) is 6.92 Å². The molecule has 0 unspecified atom stereocenters. The van der Waals surface area contributed by atoms with E-state index in [-0.39, 0.29) is 11.5 Å². The van der Waals surface area contributed by atoms with Crippen molar-refractivity contribution in [1.29, 1.82) is 0 Å². The first kappa shape index (κ1) is 14.3. The van der Waals surface area contributed by atoms with Gasteiger partial charge in [0.05, 0.1) is 11.3 Å². The Morgan fingerprint density at radius 3 is 2.35 bits per heavy atom. The van der Waals surface area contributed by atoms with Crippen molar-refractivity contribution in [3.8, 4) is 0 Å². The van der Waals surface area contributed by atoms with Crippen LogP contribution in [0.1, 0.15) is 26.3 Å². The van der Waals surface area contributed by atoms with Crippen molar-refractivity contribution in [3.63, 3.8) is 0 Å². The van der Waals surface area contributed by atoms with E-state index in [0.717, 1.165) is 4.47 Å². The number of amides is 1. The molecule has 0 fully saturated rings. The maximum Gasteiger partial charge on any atom is 0.337 e. The van der Waals surface area contributed by atoms with Crippen LogP contribution in [0.25, 0.3) is 0 Å². The van der Waals surface area contributed by atoms with Crippen molar-refractivity contribution < 1.29 is 14.7 Å². The van der Waals surface area contributed by atoms with E-state index in [9.17, 15) is 9.59 Å². The topological polar surface area (TPSA) is 66.4 Å². The van der Waals surface area contributed by atoms with Gasteiger partial charge < -0.3 is 10.4 Å². The third-order valence-electron chi connectivity index (χ3n) is 2.85. The van der Waals surface area contributed by atoms with Crippen LogP contribution in [-0.4, -0.2) is 17.0 Å². The molecular weight excluding hydrogens is 322 g/mol. The molecule has 0 aliphatic rings. The molecule has 0 aromatic heterocycles. The summed E-state index contributed by atoms with van der Waals surface area (Å²) >= 11 is 3.29. The molecule has 2 aromatic carbocycles. The number of carboxylic acid groups (broad SMARTS) is 1. The summed E-state index contributed by atoms with van der Waals surface area (Å²) in [5.41, 5.74) is 1.58. The van der Waals surface area contributed by atoms with Crippen molar-refractivity contribution in [2.75, 3.05) is 5.32 Å². The largest absolute Gasteiger partial charge is 0.478 e. The van der Waals surface area contributed by atoms with E-state index in [1.807, 2.05) is 0 Å². The number of nitrogens with one attached hydrogen (secondary N) is 1. The van der Waals surface area contributed by atoms with E-state index in [1.54, 1.807) is 43.3 Å². The minimum Gasteiger partial charge on any atom is -0.478 e. The maximum absolute atomic E-state index is 12.1. The van der Waals surface area contributed by atoms with Gasteiger partial charge in [0.1, 0.15) is 0 Å². The summed E-state index contributed by atoms with van der Waals surface area (Å²) in [7, 11) is 0. The molecule has 20 heavy (non-hydrogen) atoms. The van der Waals surface area contributed by atoms with E-state index in [0.29, 0.717) is 16.8 Å². The molecule has 2 aromatic rings. The third-order valence-corrected chi connectivity index (χ3v) is 3.38. The highest BCUT2D eigenvalue weighted by atomic mass is 79.9. The van der Waals surface area contributed by atoms with Crippen LogP contribution in [0.15, 0.2) is 46.9 Å². The Morgan fingerprint density at radius 1 is 1.10 bits per heavy atom. The minimum atomic E-state index is -1.07. The number of anilines is 1. The molecule has 0 bridgehead atoms. The Balaban J connectivity index is 2.32. The Hall–Kier alpha value is -2.14. The Morgan fingerprint density at radius 2 is 1.75 bits per heavy atom. The van der Waals surface area contributed by atoms with Gasteiger partial charge >= 0.3 is 5.97 Å². The second-order valence-electron chi connectivity index (χ2n) is 4.26. The number of hydrogen-bond donors (Lipinski definition) is 2. The summed E-state index contributed by atoms with van der Waals surface area (Å²) in [6.07, 6.45) is 0. The number of halogens is 1. The quantitative estimate of drug-likeness (QED) is 0.899. The van der Waals surface area contributed by atoms with Crippen LogP contribution >= 0.6 is 15.9 Å². The highest BCUT2D eigenvalue weighted by Gasteiger charge is 2.15. The van der Waals surface area contributed by atoms with E-state index in [4.69, 9.17) is 5.11 Å². The van der Waals surface area contributed by atoms with E-state index in [2.05, 4.69) is 21.2 Å². The molecule has 0 aliphatic heterocycles. The highest BCUT2D eigenvalue weighted by Crippen LogP contribution is 2.21. The van der Waals surface area contributed by atoms with Gasteiger partial charge in [-0.15, -0.1) is 0 Å². The number of benzene rings is 2. The van der Waals surface area contributed by atoms with Crippen LogP contribution in [0.4, 0.5) is 5.69 Å². The number of carbonyl (C=O) groups is 2. The van der Waals surface area contributed by atoms with Gasteiger partial charge in [0.15, 0.2) is 0 Å². The molecule has 0 saturated heterocycles. The van der Waals surface area contributed by atoms with Gasteiger partial charge in [-0.2, -0.15) is 0 Å². The van der Waals surface area contributed by atoms with Crippen molar-refractivity contribution in [3.05, 3.63) is 63.6 Å². The average molecular weight is 334 g/mol. The zero-order valence-electron chi connectivity index (χ0n) is 10.7. The van der Waals surface area contributed by atoms with Gasteiger partial charge in [-0.25, -0.2) is 4.79 Å². The molecule has 0 aliphatic carbocycles.